The van der Waals surface area contributed by atoms with Gasteiger partial charge in [-0.1, -0.05) is 71.9 Å². The number of carbonyl (C=O) groups excluding carboxylic acids is 1. The van der Waals surface area contributed by atoms with Crippen LogP contribution < -0.4 is 0 Å². The first-order valence-corrected chi connectivity index (χ1v) is 8.40. The van der Waals surface area contributed by atoms with Gasteiger partial charge in [0.25, 0.3) is 0 Å². The van der Waals surface area contributed by atoms with Crippen LogP contribution in [0.3, 0.4) is 0 Å². The van der Waals surface area contributed by atoms with Crippen molar-refractivity contribution in [2.45, 2.75) is 23.6 Å². The standard InChI is InChI=1S/C21H18OS/c1-15-11-13-18(14-12-15)23-20-10-6-9-19(16(20)2)21(22)17-7-4-3-5-8-17/h3-14H,1-2H3. The maximum atomic E-state index is 12.7. The van der Waals surface area contributed by atoms with Gasteiger partial charge >= 0.3 is 0 Å². The van der Waals surface area contributed by atoms with Gasteiger partial charge in [-0.25, -0.2) is 0 Å². The maximum absolute atomic E-state index is 12.7. The van der Waals surface area contributed by atoms with Crippen LogP contribution in [-0.2, 0) is 0 Å². The van der Waals surface area contributed by atoms with E-state index in [0.717, 1.165) is 21.6 Å². The molecule has 0 fully saturated rings. The molecule has 0 aromatic heterocycles. The zero-order chi connectivity index (χ0) is 16.2. The zero-order valence-corrected chi connectivity index (χ0v) is 14.1. The average Bonchev–Trinajstić information content (AvgIpc) is 2.59. The van der Waals surface area contributed by atoms with Crippen molar-refractivity contribution in [3.05, 3.63) is 95.1 Å². The van der Waals surface area contributed by atoms with E-state index in [4.69, 9.17) is 0 Å². The van der Waals surface area contributed by atoms with E-state index < -0.39 is 0 Å². The fourth-order valence-electron chi connectivity index (χ4n) is 2.45. The molecule has 0 radical (unpaired) electrons. The van der Waals surface area contributed by atoms with E-state index in [2.05, 4.69) is 37.3 Å². The Balaban J connectivity index is 1.92. The molecule has 0 saturated carbocycles. The summed E-state index contributed by atoms with van der Waals surface area (Å²) in [6, 6.07) is 23.8. The number of hydrogen-bond acceptors (Lipinski definition) is 2. The molecule has 3 rings (SSSR count). The first-order chi connectivity index (χ1) is 11.1. The summed E-state index contributed by atoms with van der Waals surface area (Å²) in [6.45, 7) is 4.10. The summed E-state index contributed by atoms with van der Waals surface area (Å²) in [5.41, 5.74) is 3.78. The van der Waals surface area contributed by atoms with Crippen LogP contribution in [0.5, 0.6) is 0 Å². The molecule has 0 aliphatic heterocycles. The first-order valence-electron chi connectivity index (χ1n) is 7.59. The zero-order valence-electron chi connectivity index (χ0n) is 13.2. The van der Waals surface area contributed by atoms with Crippen molar-refractivity contribution >= 4 is 17.5 Å². The Bertz CT molecular complexity index is 820. The summed E-state index contributed by atoms with van der Waals surface area (Å²) in [7, 11) is 0. The molecule has 3 aromatic rings. The van der Waals surface area contributed by atoms with E-state index in [1.54, 1.807) is 11.8 Å². The molecular weight excluding hydrogens is 300 g/mol. The molecule has 0 unspecified atom stereocenters. The summed E-state index contributed by atoms with van der Waals surface area (Å²) < 4.78 is 0. The van der Waals surface area contributed by atoms with Gasteiger partial charge in [0.2, 0.25) is 0 Å². The van der Waals surface area contributed by atoms with Gasteiger partial charge in [0.1, 0.15) is 0 Å². The van der Waals surface area contributed by atoms with Crippen molar-refractivity contribution in [3.8, 4) is 0 Å². The Morgan fingerprint density at radius 2 is 1.48 bits per heavy atom. The van der Waals surface area contributed by atoms with Gasteiger partial charge in [-0.05, 0) is 37.6 Å². The number of hydrogen-bond donors (Lipinski definition) is 0. The minimum atomic E-state index is 0.0782. The summed E-state index contributed by atoms with van der Waals surface area (Å²) in [5, 5.41) is 0. The molecule has 0 heterocycles. The van der Waals surface area contributed by atoms with Gasteiger partial charge in [-0.2, -0.15) is 0 Å². The molecule has 0 atom stereocenters. The highest BCUT2D eigenvalue weighted by molar-refractivity contribution is 7.99. The lowest BCUT2D eigenvalue weighted by Crippen LogP contribution is -2.04. The van der Waals surface area contributed by atoms with E-state index in [0.29, 0.717) is 0 Å². The van der Waals surface area contributed by atoms with Crippen LogP contribution in [0.15, 0.2) is 82.6 Å². The topological polar surface area (TPSA) is 17.1 Å². The number of rotatable bonds is 4. The van der Waals surface area contributed by atoms with Crippen molar-refractivity contribution in [1.82, 2.24) is 0 Å². The highest BCUT2D eigenvalue weighted by Gasteiger charge is 2.14. The molecule has 114 valence electrons. The summed E-state index contributed by atoms with van der Waals surface area (Å²) >= 11 is 1.70. The van der Waals surface area contributed by atoms with Gasteiger partial charge in [0, 0.05) is 20.9 Å². The molecule has 1 nitrogen and oxygen atoms in total. The van der Waals surface area contributed by atoms with Gasteiger partial charge in [-0.15, -0.1) is 0 Å². The molecule has 0 amide bonds. The predicted octanol–water partition coefficient (Wildman–Crippen LogP) is 5.69. The predicted molar refractivity (Wildman–Crippen MR) is 96.4 cm³/mol. The molecule has 0 N–H and O–H groups in total. The van der Waals surface area contributed by atoms with Gasteiger partial charge in [0.05, 0.1) is 0 Å². The second-order valence-corrected chi connectivity index (χ2v) is 6.65. The first kappa shape index (κ1) is 15.6. The van der Waals surface area contributed by atoms with Crippen molar-refractivity contribution in [3.63, 3.8) is 0 Å². The lowest BCUT2D eigenvalue weighted by atomic mass is 9.99. The van der Waals surface area contributed by atoms with E-state index in [1.807, 2.05) is 49.4 Å². The summed E-state index contributed by atoms with van der Waals surface area (Å²) in [4.78, 5) is 15.0. The third kappa shape index (κ3) is 3.54. The Labute approximate surface area is 141 Å². The molecule has 2 heteroatoms. The van der Waals surface area contributed by atoms with E-state index in [9.17, 15) is 4.79 Å². The van der Waals surface area contributed by atoms with Crippen LogP contribution in [0.1, 0.15) is 27.0 Å². The van der Waals surface area contributed by atoms with Crippen molar-refractivity contribution in [1.29, 1.82) is 0 Å². The van der Waals surface area contributed by atoms with Crippen LogP contribution in [0, 0.1) is 13.8 Å². The van der Waals surface area contributed by atoms with Crippen LogP contribution in [0.25, 0.3) is 0 Å². The smallest absolute Gasteiger partial charge is 0.193 e. The van der Waals surface area contributed by atoms with E-state index in [1.165, 1.54) is 10.5 Å². The number of benzene rings is 3. The normalized spacial score (nSPS) is 10.5. The molecule has 0 spiro atoms. The van der Waals surface area contributed by atoms with E-state index in [-0.39, 0.29) is 5.78 Å². The second kappa shape index (κ2) is 6.84. The molecule has 23 heavy (non-hydrogen) atoms. The lowest BCUT2D eigenvalue weighted by Gasteiger charge is -2.10. The molecule has 0 aliphatic carbocycles. The van der Waals surface area contributed by atoms with Gasteiger partial charge in [0.15, 0.2) is 5.78 Å². The molecule has 0 aliphatic rings. The average molecular weight is 318 g/mol. The molecular formula is C21H18OS. The third-order valence-corrected chi connectivity index (χ3v) is 4.98. The second-order valence-electron chi connectivity index (χ2n) is 5.54. The number of aryl methyl sites for hydroxylation is 1. The third-order valence-electron chi connectivity index (χ3n) is 3.81. The largest absolute Gasteiger partial charge is 0.289 e. The minimum Gasteiger partial charge on any atom is -0.289 e. The fourth-order valence-corrected chi connectivity index (χ4v) is 3.39. The monoisotopic (exact) mass is 318 g/mol. The van der Waals surface area contributed by atoms with Gasteiger partial charge in [-0.3, -0.25) is 4.79 Å². The summed E-state index contributed by atoms with van der Waals surface area (Å²) in [5.74, 6) is 0.0782. The fraction of sp³-hybridized carbons (Fsp3) is 0.0952. The minimum absolute atomic E-state index is 0.0782. The molecule has 0 bridgehead atoms. The summed E-state index contributed by atoms with van der Waals surface area (Å²) in [6.07, 6.45) is 0. The van der Waals surface area contributed by atoms with Crippen molar-refractivity contribution in [2.24, 2.45) is 0 Å². The Morgan fingerprint density at radius 1 is 0.783 bits per heavy atom. The lowest BCUT2D eigenvalue weighted by molar-refractivity contribution is 0.103. The Morgan fingerprint density at radius 3 is 2.17 bits per heavy atom. The van der Waals surface area contributed by atoms with Crippen molar-refractivity contribution in [2.75, 3.05) is 0 Å². The molecule has 0 saturated heterocycles. The van der Waals surface area contributed by atoms with E-state index >= 15 is 0 Å². The quantitative estimate of drug-likeness (QED) is 0.575. The van der Waals surface area contributed by atoms with Crippen LogP contribution >= 0.6 is 11.8 Å². The number of carbonyl (C=O) groups is 1. The number of ketones is 1. The van der Waals surface area contributed by atoms with Crippen LogP contribution in [0.4, 0.5) is 0 Å². The SMILES string of the molecule is Cc1ccc(Sc2cccc(C(=O)c3ccccc3)c2C)cc1. The Kier molecular flexibility index (Phi) is 4.63. The highest BCUT2D eigenvalue weighted by Crippen LogP contribution is 2.32. The molecule has 3 aromatic carbocycles. The Hall–Kier alpha value is -2.32. The van der Waals surface area contributed by atoms with Crippen LogP contribution in [0.2, 0.25) is 0 Å². The van der Waals surface area contributed by atoms with Gasteiger partial charge < -0.3 is 0 Å². The highest BCUT2D eigenvalue weighted by atomic mass is 32.2. The van der Waals surface area contributed by atoms with Crippen molar-refractivity contribution < 1.29 is 4.79 Å². The maximum Gasteiger partial charge on any atom is 0.193 e. The van der Waals surface area contributed by atoms with Crippen LogP contribution in [-0.4, -0.2) is 5.78 Å².